The number of hydrogen-bond donors (Lipinski definition) is 1. The smallest absolute Gasteiger partial charge is 0.239 e. The van der Waals surface area contributed by atoms with E-state index >= 15 is 0 Å². The first-order valence-corrected chi connectivity index (χ1v) is 8.04. The molecule has 23 heavy (non-hydrogen) atoms. The van der Waals surface area contributed by atoms with Crippen LogP contribution >= 0.6 is 0 Å². The Hall–Kier alpha value is -2.36. The first-order valence-electron chi connectivity index (χ1n) is 8.04. The first kappa shape index (κ1) is 17.0. The molecule has 0 bridgehead atoms. The van der Waals surface area contributed by atoms with Gasteiger partial charge in [-0.3, -0.25) is 9.59 Å². The highest BCUT2D eigenvalue weighted by Crippen LogP contribution is 2.16. The van der Waals surface area contributed by atoms with E-state index < -0.39 is 0 Å². The maximum Gasteiger partial charge on any atom is 0.239 e. The molecule has 2 amide bonds. The molecule has 2 rings (SSSR count). The zero-order valence-corrected chi connectivity index (χ0v) is 14.0. The Morgan fingerprint density at radius 3 is 2.43 bits per heavy atom. The van der Waals surface area contributed by atoms with Crippen LogP contribution in [0.3, 0.4) is 0 Å². The first-order chi connectivity index (χ1) is 11.0. The molecule has 4 nitrogen and oxygen atoms in total. The fraction of sp³-hybridized carbons (Fsp3) is 0.368. The van der Waals surface area contributed by atoms with Crippen LogP contribution < -0.4 is 5.32 Å². The van der Waals surface area contributed by atoms with Crippen LogP contribution in [-0.4, -0.2) is 35.8 Å². The summed E-state index contributed by atoms with van der Waals surface area (Å²) in [5, 5.41) is 5.10. The van der Waals surface area contributed by atoms with Crippen molar-refractivity contribution >= 4 is 22.6 Å². The van der Waals surface area contributed by atoms with E-state index in [0.29, 0.717) is 13.0 Å². The standard InChI is InChI=1S/C19H24N2O2/c1-4-21(13-18(22)20-14(2)3)19(23)12-15-9-10-16-7-5-6-8-17(16)11-15/h5-11,14H,4,12-13H2,1-3H3,(H,20,22). The van der Waals surface area contributed by atoms with Crippen LogP contribution in [0.2, 0.25) is 0 Å². The quantitative estimate of drug-likeness (QED) is 0.891. The molecular weight excluding hydrogens is 288 g/mol. The van der Waals surface area contributed by atoms with Crippen molar-refractivity contribution in [2.45, 2.75) is 33.2 Å². The molecule has 0 aliphatic heterocycles. The molecule has 0 heterocycles. The number of carbonyl (C=O) groups excluding carboxylic acids is 2. The summed E-state index contributed by atoms with van der Waals surface area (Å²) in [7, 11) is 0. The Kier molecular flexibility index (Phi) is 5.74. The molecule has 0 aliphatic rings. The van der Waals surface area contributed by atoms with Crippen LogP contribution in [-0.2, 0) is 16.0 Å². The van der Waals surface area contributed by atoms with E-state index in [9.17, 15) is 9.59 Å². The van der Waals surface area contributed by atoms with Crippen molar-refractivity contribution in [3.05, 3.63) is 48.0 Å². The topological polar surface area (TPSA) is 49.4 Å². The number of nitrogens with one attached hydrogen (secondary N) is 1. The van der Waals surface area contributed by atoms with E-state index in [-0.39, 0.29) is 24.4 Å². The van der Waals surface area contributed by atoms with Gasteiger partial charge >= 0.3 is 0 Å². The Labute approximate surface area is 137 Å². The number of nitrogens with zero attached hydrogens (tertiary/aromatic N) is 1. The van der Waals surface area contributed by atoms with Gasteiger partial charge in [-0.25, -0.2) is 0 Å². The Balaban J connectivity index is 2.04. The number of benzene rings is 2. The van der Waals surface area contributed by atoms with Gasteiger partial charge in [0.05, 0.1) is 13.0 Å². The maximum absolute atomic E-state index is 12.4. The summed E-state index contributed by atoms with van der Waals surface area (Å²) in [4.78, 5) is 25.9. The lowest BCUT2D eigenvalue weighted by Crippen LogP contribution is -2.43. The minimum absolute atomic E-state index is 0.0262. The predicted molar refractivity (Wildman–Crippen MR) is 93.2 cm³/mol. The van der Waals surface area contributed by atoms with Gasteiger partial charge in [0.25, 0.3) is 0 Å². The zero-order valence-electron chi connectivity index (χ0n) is 14.0. The normalized spacial score (nSPS) is 10.8. The molecule has 0 spiro atoms. The molecule has 0 unspecified atom stereocenters. The van der Waals surface area contributed by atoms with E-state index in [1.165, 1.54) is 0 Å². The Morgan fingerprint density at radius 1 is 1.09 bits per heavy atom. The van der Waals surface area contributed by atoms with Gasteiger partial charge in [-0.1, -0.05) is 42.5 Å². The summed E-state index contributed by atoms with van der Waals surface area (Å²) in [6.07, 6.45) is 0.313. The lowest BCUT2D eigenvalue weighted by Gasteiger charge is -2.21. The van der Waals surface area contributed by atoms with Crippen LogP contribution in [0.25, 0.3) is 10.8 Å². The second-order valence-electron chi connectivity index (χ2n) is 5.99. The average molecular weight is 312 g/mol. The molecule has 0 saturated heterocycles. The van der Waals surface area contributed by atoms with E-state index in [2.05, 4.69) is 11.4 Å². The van der Waals surface area contributed by atoms with Crippen LogP contribution in [0.4, 0.5) is 0 Å². The second-order valence-corrected chi connectivity index (χ2v) is 5.99. The Morgan fingerprint density at radius 2 is 1.78 bits per heavy atom. The summed E-state index contributed by atoms with van der Waals surface area (Å²) in [6, 6.07) is 14.2. The van der Waals surface area contributed by atoms with Crippen molar-refractivity contribution in [1.82, 2.24) is 10.2 Å². The molecule has 2 aromatic carbocycles. The largest absolute Gasteiger partial charge is 0.352 e. The van der Waals surface area contributed by atoms with Crippen LogP contribution in [0.1, 0.15) is 26.3 Å². The van der Waals surface area contributed by atoms with Crippen molar-refractivity contribution in [2.24, 2.45) is 0 Å². The van der Waals surface area contributed by atoms with Crippen LogP contribution in [0.5, 0.6) is 0 Å². The molecule has 1 N–H and O–H groups in total. The number of rotatable bonds is 6. The number of hydrogen-bond acceptors (Lipinski definition) is 2. The molecule has 0 radical (unpaired) electrons. The molecule has 0 atom stereocenters. The molecule has 0 saturated carbocycles. The molecule has 0 aliphatic carbocycles. The minimum atomic E-state index is -0.117. The highest BCUT2D eigenvalue weighted by Gasteiger charge is 2.16. The van der Waals surface area contributed by atoms with Gasteiger partial charge in [-0.15, -0.1) is 0 Å². The van der Waals surface area contributed by atoms with Crippen molar-refractivity contribution in [1.29, 1.82) is 0 Å². The van der Waals surface area contributed by atoms with E-state index in [1.807, 2.05) is 57.2 Å². The summed E-state index contributed by atoms with van der Waals surface area (Å²) in [5.41, 5.74) is 0.969. The summed E-state index contributed by atoms with van der Waals surface area (Å²) in [5.74, 6) is -0.143. The molecule has 2 aromatic rings. The third-order valence-electron chi connectivity index (χ3n) is 3.69. The van der Waals surface area contributed by atoms with E-state index in [0.717, 1.165) is 16.3 Å². The van der Waals surface area contributed by atoms with Gasteiger partial charge in [0.2, 0.25) is 11.8 Å². The third-order valence-corrected chi connectivity index (χ3v) is 3.69. The fourth-order valence-corrected chi connectivity index (χ4v) is 2.55. The highest BCUT2D eigenvalue weighted by atomic mass is 16.2. The van der Waals surface area contributed by atoms with Gasteiger partial charge in [-0.2, -0.15) is 0 Å². The molecule has 0 fully saturated rings. The number of carbonyl (C=O) groups is 2. The van der Waals surface area contributed by atoms with Gasteiger partial charge in [-0.05, 0) is 37.1 Å². The molecule has 4 heteroatoms. The Bertz CT molecular complexity index is 695. The van der Waals surface area contributed by atoms with Gasteiger partial charge in [0.1, 0.15) is 0 Å². The van der Waals surface area contributed by atoms with Crippen molar-refractivity contribution in [3.8, 4) is 0 Å². The van der Waals surface area contributed by atoms with Crippen molar-refractivity contribution in [3.63, 3.8) is 0 Å². The number of fused-ring (bicyclic) bond motifs is 1. The maximum atomic E-state index is 12.4. The molecular formula is C19H24N2O2. The highest BCUT2D eigenvalue weighted by molar-refractivity contribution is 5.88. The SMILES string of the molecule is CCN(CC(=O)NC(C)C)C(=O)Cc1ccc2ccccc2c1. The average Bonchev–Trinajstić information content (AvgIpc) is 2.51. The zero-order chi connectivity index (χ0) is 16.8. The van der Waals surface area contributed by atoms with E-state index in [4.69, 9.17) is 0 Å². The van der Waals surface area contributed by atoms with Gasteiger partial charge < -0.3 is 10.2 Å². The number of amides is 2. The number of likely N-dealkylation sites (N-methyl/N-ethyl adjacent to an activating group) is 1. The van der Waals surface area contributed by atoms with Crippen molar-refractivity contribution < 1.29 is 9.59 Å². The summed E-state index contributed by atoms with van der Waals surface area (Å²) >= 11 is 0. The summed E-state index contributed by atoms with van der Waals surface area (Å²) < 4.78 is 0. The fourth-order valence-electron chi connectivity index (χ4n) is 2.55. The lowest BCUT2D eigenvalue weighted by molar-refractivity contribution is -0.135. The van der Waals surface area contributed by atoms with Gasteiger partial charge in [0.15, 0.2) is 0 Å². The monoisotopic (exact) mass is 312 g/mol. The summed E-state index contributed by atoms with van der Waals surface area (Å²) in [6.45, 7) is 6.34. The third kappa shape index (κ3) is 4.81. The minimum Gasteiger partial charge on any atom is -0.352 e. The lowest BCUT2D eigenvalue weighted by atomic mass is 10.0. The van der Waals surface area contributed by atoms with E-state index in [1.54, 1.807) is 4.90 Å². The van der Waals surface area contributed by atoms with Crippen LogP contribution in [0.15, 0.2) is 42.5 Å². The predicted octanol–water partition coefficient (Wildman–Crippen LogP) is 2.76. The molecule has 122 valence electrons. The van der Waals surface area contributed by atoms with Gasteiger partial charge in [0, 0.05) is 12.6 Å². The second kappa shape index (κ2) is 7.77. The van der Waals surface area contributed by atoms with Crippen LogP contribution in [0, 0.1) is 0 Å². The molecule has 0 aromatic heterocycles. The van der Waals surface area contributed by atoms with Crippen molar-refractivity contribution in [2.75, 3.05) is 13.1 Å².